The molecule has 0 radical (unpaired) electrons. The average molecular weight is 354 g/mol. The third-order valence-electron chi connectivity index (χ3n) is 4.20. The molecule has 3 rings (SSSR count). The molecule has 0 saturated carbocycles. The van der Waals surface area contributed by atoms with Gasteiger partial charge < -0.3 is 23.7 Å². The van der Waals surface area contributed by atoms with Gasteiger partial charge in [-0.15, -0.1) is 0 Å². The first kappa shape index (κ1) is 17.9. The van der Waals surface area contributed by atoms with E-state index in [9.17, 15) is 0 Å². The van der Waals surface area contributed by atoms with Gasteiger partial charge in [0.05, 0.1) is 26.9 Å². The van der Waals surface area contributed by atoms with Crippen LogP contribution in [0.15, 0.2) is 48.5 Å². The van der Waals surface area contributed by atoms with E-state index < -0.39 is 0 Å². The number of methoxy groups -OCH3 is 4. The number of ether oxygens (including phenoxy) is 5. The zero-order valence-electron chi connectivity index (χ0n) is 15.4. The molecule has 0 bridgehead atoms. The molecule has 5 heteroatoms. The van der Waals surface area contributed by atoms with Gasteiger partial charge in [0.2, 0.25) is 0 Å². The summed E-state index contributed by atoms with van der Waals surface area (Å²) in [6.45, 7) is 0.193. The molecule has 26 heavy (non-hydrogen) atoms. The number of hydrogen-bond acceptors (Lipinski definition) is 5. The molecule has 5 nitrogen and oxygen atoms in total. The molecule has 0 heterocycles. The van der Waals surface area contributed by atoms with E-state index in [1.54, 1.807) is 28.4 Å². The lowest BCUT2D eigenvalue weighted by Crippen LogP contribution is -2.00. The third-order valence-corrected chi connectivity index (χ3v) is 4.20. The van der Waals surface area contributed by atoms with Crippen LogP contribution in [0.1, 0.15) is 0 Å². The monoisotopic (exact) mass is 354 g/mol. The van der Waals surface area contributed by atoms with E-state index in [1.165, 1.54) is 0 Å². The van der Waals surface area contributed by atoms with Crippen molar-refractivity contribution in [2.45, 2.75) is 0 Å². The van der Waals surface area contributed by atoms with Crippen molar-refractivity contribution in [2.75, 3.05) is 35.2 Å². The predicted octanol–water partition coefficient (Wildman–Crippen LogP) is 4.52. The normalized spacial score (nSPS) is 10.6. The minimum Gasteiger partial charge on any atom is -0.496 e. The van der Waals surface area contributed by atoms with Crippen molar-refractivity contribution in [3.8, 4) is 34.1 Å². The van der Waals surface area contributed by atoms with Crippen LogP contribution in [-0.2, 0) is 4.74 Å². The van der Waals surface area contributed by atoms with Gasteiger partial charge in [0.15, 0.2) is 6.79 Å². The molecule has 0 aliphatic heterocycles. The Morgan fingerprint density at radius 2 is 1.35 bits per heavy atom. The SMILES string of the molecule is COCOc1ccc(-c2c(OC)cc(OC)cc2OC)c2ccccc12. The van der Waals surface area contributed by atoms with Gasteiger partial charge in [-0.3, -0.25) is 0 Å². The molecule has 0 fully saturated rings. The summed E-state index contributed by atoms with van der Waals surface area (Å²) >= 11 is 0. The summed E-state index contributed by atoms with van der Waals surface area (Å²) in [6.07, 6.45) is 0. The van der Waals surface area contributed by atoms with E-state index in [2.05, 4.69) is 0 Å². The van der Waals surface area contributed by atoms with Crippen LogP contribution < -0.4 is 18.9 Å². The lowest BCUT2D eigenvalue weighted by Gasteiger charge is -2.18. The number of hydrogen-bond donors (Lipinski definition) is 0. The van der Waals surface area contributed by atoms with Crippen LogP contribution in [0.5, 0.6) is 23.0 Å². The Morgan fingerprint density at radius 3 is 1.92 bits per heavy atom. The third kappa shape index (κ3) is 3.26. The summed E-state index contributed by atoms with van der Waals surface area (Å²) in [5.74, 6) is 2.79. The standard InChI is InChI=1S/C21H22O5/c1-22-13-26-18-10-9-17(15-7-5-6-8-16(15)18)21-19(24-3)11-14(23-2)12-20(21)25-4/h5-12H,13H2,1-4H3. The Labute approximate surface area is 153 Å². The zero-order chi connectivity index (χ0) is 18.5. The second-order valence-electron chi connectivity index (χ2n) is 5.61. The summed E-state index contributed by atoms with van der Waals surface area (Å²) < 4.78 is 27.3. The molecule has 0 aromatic heterocycles. The van der Waals surface area contributed by atoms with E-state index in [0.717, 1.165) is 27.6 Å². The van der Waals surface area contributed by atoms with Crippen molar-refractivity contribution in [3.05, 3.63) is 48.5 Å². The summed E-state index contributed by atoms with van der Waals surface area (Å²) in [6, 6.07) is 15.7. The Hall–Kier alpha value is -2.92. The first-order chi connectivity index (χ1) is 12.7. The van der Waals surface area contributed by atoms with Gasteiger partial charge in [0.1, 0.15) is 23.0 Å². The maximum atomic E-state index is 5.70. The maximum absolute atomic E-state index is 5.70. The second kappa shape index (κ2) is 7.97. The number of rotatable bonds is 7. The summed E-state index contributed by atoms with van der Waals surface area (Å²) in [5.41, 5.74) is 1.85. The van der Waals surface area contributed by atoms with Gasteiger partial charge in [0.25, 0.3) is 0 Å². The van der Waals surface area contributed by atoms with Crippen molar-refractivity contribution in [1.29, 1.82) is 0 Å². The van der Waals surface area contributed by atoms with Gasteiger partial charge in [-0.05, 0) is 23.1 Å². The predicted molar refractivity (Wildman–Crippen MR) is 102 cm³/mol. The van der Waals surface area contributed by atoms with E-state index in [0.29, 0.717) is 17.2 Å². The Bertz CT molecular complexity index is 879. The molecule has 0 saturated heterocycles. The highest BCUT2D eigenvalue weighted by molar-refractivity contribution is 6.02. The first-order valence-electron chi connectivity index (χ1n) is 8.17. The average Bonchev–Trinajstić information content (AvgIpc) is 2.71. The molecule has 0 spiro atoms. The smallest absolute Gasteiger partial charge is 0.188 e. The van der Waals surface area contributed by atoms with Crippen LogP contribution in [0.25, 0.3) is 21.9 Å². The molecule has 3 aromatic carbocycles. The molecule has 0 aliphatic rings. The number of benzene rings is 3. The highest BCUT2D eigenvalue weighted by Crippen LogP contribution is 2.45. The molecule has 0 aliphatic carbocycles. The van der Waals surface area contributed by atoms with Gasteiger partial charge in [0, 0.05) is 24.6 Å². The summed E-state index contributed by atoms with van der Waals surface area (Å²) in [4.78, 5) is 0. The Kier molecular flexibility index (Phi) is 5.49. The minimum absolute atomic E-state index is 0.193. The maximum Gasteiger partial charge on any atom is 0.188 e. The number of fused-ring (bicyclic) bond motifs is 1. The highest BCUT2D eigenvalue weighted by atomic mass is 16.7. The molecule has 0 amide bonds. The van der Waals surface area contributed by atoms with Crippen molar-refractivity contribution < 1.29 is 23.7 Å². The van der Waals surface area contributed by atoms with Gasteiger partial charge in [-0.2, -0.15) is 0 Å². The van der Waals surface area contributed by atoms with Crippen LogP contribution >= 0.6 is 0 Å². The molecular formula is C21H22O5. The van der Waals surface area contributed by atoms with Crippen LogP contribution in [0.3, 0.4) is 0 Å². The molecule has 0 unspecified atom stereocenters. The van der Waals surface area contributed by atoms with Crippen LogP contribution in [0, 0.1) is 0 Å². The quantitative estimate of drug-likeness (QED) is 0.584. The van der Waals surface area contributed by atoms with Gasteiger partial charge >= 0.3 is 0 Å². The molecule has 136 valence electrons. The fraction of sp³-hybridized carbons (Fsp3) is 0.238. The van der Waals surface area contributed by atoms with E-state index in [-0.39, 0.29) is 6.79 Å². The van der Waals surface area contributed by atoms with Gasteiger partial charge in [-0.1, -0.05) is 24.3 Å². The van der Waals surface area contributed by atoms with Crippen molar-refractivity contribution >= 4 is 10.8 Å². The molecule has 3 aromatic rings. The second-order valence-corrected chi connectivity index (χ2v) is 5.61. The molecular weight excluding hydrogens is 332 g/mol. The molecule has 0 N–H and O–H groups in total. The minimum atomic E-state index is 0.193. The summed E-state index contributed by atoms with van der Waals surface area (Å²) in [5, 5.41) is 2.02. The van der Waals surface area contributed by atoms with E-state index >= 15 is 0 Å². The zero-order valence-corrected chi connectivity index (χ0v) is 15.4. The Morgan fingerprint density at radius 1 is 0.692 bits per heavy atom. The Balaban J connectivity index is 2.26. The lowest BCUT2D eigenvalue weighted by molar-refractivity contribution is 0.0522. The van der Waals surface area contributed by atoms with Crippen LogP contribution in [0.4, 0.5) is 0 Å². The van der Waals surface area contributed by atoms with E-state index in [4.69, 9.17) is 23.7 Å². The van der Waals surface area contributed by atoms with Gasteiger partial charge in [-0.25, -0.2) is 0 Å². The van der Waals surface area contributed by atoms with Crippen molar-refractivity contribution in [2.24, 2.45) is 0 Å². The van der Waals surface area contributed by atoms with Crippen molar-refractivity contribution in [1.82, 2.24) is 0 Å². The molecule has 0 atom stereocenters. The topological polar surface area (TPSA) is 46.2 Å². The van der Waals surface area contributed by atoms with E-state index in [1.807, 2.05) is 48.5 Å². The van der Waals surface area contributed by atoms with Crippen molar-refractivity contribution in [3.63, 3.8) is 0 Å². The highest BCUT2D eigenvalue weighted by Gasteiger charge is 2.18. The first-order valence-corrected chi connectivity index (χ1v) is 8.17. The fourth-order valence-electron chi connectivity index (χ4n) is 3.01. The van der Waals surface area contributed by atoms with Crippen LogP contribution in [-0.4, -0.2) is 35.2 Å². The fourth-order valence-corrected chi connectivity index (χ4v) is 3.01. The van der Waals surface area contributed by atoms with Crippen LogP contribution in [0.2, 0.25) is 0 Å². The lowest BCUT2D eigenvalue weighted by atomic mass is 9.96. The summed E-state index contributed by atoms with van der Waals surface area (Å²) in [7, 11) is 6.49. The largest absolute Gasteiger partial charge is 0.496 e.